The number of carbonyl (C=O) groups is 11. The summed E-state index contributed by atoms with van der Waals surface area (Å²) in [5.74, 6) is -11.7. The monoisotopic (exact) mass is 859 g/mol. The summed E-state index contributed by atoms with van der Waals surface area (Å²) in [6, 6.07) is 1.75. The van der Waals surface area contributed by atoms with Crippen molar-refractivity contribution in [2.24, 2.45) is 5.92 Å². The molecule has 6 unspecified atom stereocenters. The number of likely N-dealkylation sites (tertiary alicyclic amines) is 1. The molecule has 1 aromatic carbocycles. The van der Waals surface area contributed by atoms with Crippen LogP contribution in [-0.2, 0) is 59.2 Å². The number of nitrogens with zero attached hydrogens (tertiary/aromatic N) is 1. The fourth-order valence-electron chi connectivity index (χ4n) is 6.66. The van der Waals surface area contributed by atoms with E-state index in [4.69, 9.17) is 10.2 Å². The normalized spacial score (nSPS) is 16.4. The van der Waals surface area contributed by atoms with Gasteiger partial charge in [0.25, 0.3) is 5.91 Å². The number of hydrogen-bond donors (Lipinski definition) is 9. The van der Waals surface area contributed by atoms with Crippen LogP contribution in [-0.4, -0.2) is 134 Å². The summed E-state index contributed by atoms with van der Waals surface area (Å²) in [6.07, 6.45) is -1.15. The van der Waals surface area contributed by atoms with E-state index in [-0.39, 0.29) is 32.2 Å². The summed E-state index contributed by atoms with van der Waals surface area (Å²) in [7, 11) is 0. The summed E-state index contributed by atoms with van der Waals surface area (Å²) in [5.41, 5.74) is -1.32. The molecular formula is C40H57N7O14. The van der Waals surface area contributed by atoms with Crippen LogP contribution in [0.25, 0.3) is 0 Å². The number of benzene rings is 1. The molecule has 0 spiro atoms. The Morgan fingerprint density at radius 1 is 0.770 bits per heavy atom. The Kier molecular flexibility index (Phi) is 20.0. The van der Waals surface area contributed by atoms with E-state index < -0.39 is 133 Å². The van der Waals surface area contributed by atoms with Crippen LogP contribution in [0.5, 0.6) is 0 Å². The quantitative estimate of drug-likeness (QED) is 0.0534. The van der Waals surface area contributed by atoms with Crippen molar-refractivity contribution in [2.75, 3.05) is 13.1 Å². The van der Waals surface area contributed by atoms with Gasteiger partial charge >= 0.3 is 17.9 Å². The van der Waals surface area contributed by atoms with Crippen LogP contribution in [0, 0.1) is 5.92 Å². The number of aliphatic carboxylic acids is 3. The molecule has 0 aromatic heterocycles. The molecule has 1 saturated heterocycles. The van der Waals surface area contributed by atoms with Crippen molar-refractivity contribution in [2.45, 2.75) is 128 Å². The molecule has 6 atom stereocenters. The van der Waals surface area contributed by atoms with Gasteiger partial charge in [0.05, 0.1) is 6.04 Å². The highest BCUT2D eigenvalue weighted by Crippen LogP contribution is 2.23. The van der Waals surface area contributed by atoms with Crippen molar-refractivity contribution < 1.29 is 68.1 Å². The van der Waals surface area contributed by atoms with E-state index in [1.165, 1.54) is 11.8 Å². The van der Waals surface area contributed by atoms with E-state index >= 15 is 0 Å². The van der Waals surface area contributed by atoms with Gasteiger partial charge in [-0.2, -0.15) is 0 Å². The van der Waals surface area contributed by atoms with Gasteiger partial charge in [-0.15, -0.1) is 0 Å². The Morgan fingerprint density at radius 3 is 1.89 bits per heavy atom. The van der Waals surface area contributed by atoms with Gasteiger partial charge in [-0.3, -0.25) is 52.7 Å². The third-order valence-corrected chi connectivity index (χ3v) is 9.81. The maximum absolute atomic E-state index is 14.4. The number of ketones is 1. The van der Waals surface area contributed by atoms with Gasteiger partial charge in [-0.05, 0) is 50.5 Å². The van der Waals surface area contributed by atoms with Crippen LogP contribution in [0.3, 0.4) is 0 Å². The Morgan fingerprint density at radius 2 is 1.36 bits per heavy atom. The van der Waals surface area contributed by atoms with E-state index in [1.807, 2.05) is 5.32 Å². The van der Waals surface area contributed by atoms with Crippen molar-refractivity contribution in [1.82, 2.24) is 36.8 Å². The lowest BCUT2D eigenvalue weighted by atomic mass is 9.89. The first-order valence-electron chi connectivity index (χ1n) is 19.9. The second-order valence-corrected chi connectivity index (χ2v) is 15.3. The first kappa shape index (κ1) is 50.7. The number of rotatable bonds is 25. The Hall–Kier alpha value is -6.41. The smallest absolute Gasteiger partial charge is 0.322 e. The van der Waals surface area contributed by atoms with Gasteiger partial charge < -0.3 is 52.1 Å². The van der Waals surface area contributed by atoms with E-state index in [0.29, 0.717) is 18.4 Å². The van der Waals surface area contributed by atoms with Gasteiger partial charge in [-0.1, -0.05) is 57.5 Å². The topological polar surface area (TPSA) is 324 Å². The Labute approximate surface area is 352 Å². The van der Waals surface area contributed by atoms with E-state index in [2.05, 4.69) is 26.6 Å². The lowest BCUT2D eigenvalue weighted by molar-refractivity contribution is -0.145. The molecule has 1 fully saturated rings. The zero-order valence-corrected chi connectivity index (χ0v) is 34.9. The van der Waals surface area contributed by atoms with Gasteiger partial charge in [-0.25, -0.2) is 0 Å². The van der Waals surface area contributed by atoms with Gasteiger partial charge in [0, 0.05) is 32.7 Å². The molecule has 9 N–H and O–H groups in total. The molecule has 61 heavy (non-hydrogen) atoms. The summed E-state index contributed by atoms with van der Waals surface area (Å²) in [5, 5.41) is 42.0. The first-order valence-corrected chi connectivity index (χ1v) is 19.9. The summed E-state index contributed by atoms with van der Waals surface area (Å²) in [6.45, 7) is 6.73. The van der Waals surface area contributed by atoms with Crippen molar-refractivity contribution in [3.05, 3.63) is 35.9 Å². The molecule has 7 amide bonds. The standard InChI is InChI=1S/C40H57N7O14/c1-6-11-25(33(55)37(59)41-21-31(53)54)43-36(58)28-14-10-19-47(28)38(60)32(22(2)3)45-39(61)40(5,20-24-12-8-7-9-13-24)46-35(57)27(16-18-30(51)52)44-34(56)26(42-23(4)48)15-17-29(49)50/h7-9,12-13,22,25-28,32H,6,10-11,14-21H2,1-5H3,(H,41,59)(H,42,48)(H,43,58)(H,44,56)(H,45,61)(H,46,57)(H,49,50)(H,51,52)(H,53,54). The molecule has 1 aliphatic rings. The molecule has 1 aliphatic heterocycles. The SMILES string of the molecule is CCCC(NC(=O)C1CCCN1C(=O)C(NC(=O)C(C)(Cc1ccccc1)NC(=O)C(CCC(=O)O)NC(=O)C(CCC(=O)O)NC(C)=O)C(C)C)C(=O)C(=O)NCC(=O)O. The van der Waals surface area contributed by atoms with Gasteiger partial charge in [0.2, 0.25) is 41.2 Å². The zero-order valence-electron chi connectivity index (χ0n) is 34.9. The molecule has 0 bridgehead atoms. The highest BCUT2D eigenvalue weighted by molar-refractivity contribution is 6.38. The summed E-state index contributed by atoms with van der Waals surface area (Å²) >= 11 is 0. The molecule has 0 radical (unpaired) electrons. The van der Waals surface area contributed by atoms with Gasteiger partial charge in [0.1, 0.15) is 36.3 Å². The van der Waals surface area contributed by atoms with E-state index in [1.54, 1.807) is 51.1 Å². The molecule has 2 rings (SSSR count). The lowest BCUT2D eigenvalue weighted by Gasteiger charge is -2.36. The highest BCUT2D eigenvalue weighted by Gasteiger charge is 2.44. The van der Waals surface area contributed by atoms with Crippen molar-refractivity contribution >= 4 is 65.0 Å². The Bertz CT molecular complexity index is 1810. The second-order valence-electron chi connectivity index (χ2n) is 15.3. The van der Waals surface area contributed by atoms with Crippen LogP contribution >= 0.6 is 0 Å². The molecule has 1 aromatic rings. The molecule has 0 saturated carbocycles. The average Bonchev–Trinajstić information content (AvgIpc) is 3.68. The van der Waals surface area contributed by atoms with Crippen molar-refractivity contribution in [3.8, 4) is 0 Å². The maximum atomic E-state index is 14.4. The molecular weight excluding hydrogens is 802 g/mol. The predicted molar refractivity (Wildman–Crippen MR) is 214 cm³/mol. The van der Waals surface area contributed by atoms with E-state index in [0.717, 1.165) is 6.92 Å². The van der Waals surface area contributed by atoms with Crippen LogP contribution in [0.1, 0.15) is 91.5 Å². The van der Waals surface area contributed by atoms with Gasteiger partial charge in [0.15, 0.2) is 0 Å². The molecule has 21 heteroatoms. The number of nitrogens with one attached hydrogen (secondary N) is 6. The Balaban J connectivity index is 2.42. The largest absolute Gasteiger partial charge is 0.481 e. The van der Waals surface area contributed by atoms with Crippen molar-refractivity contribution in [1.29, 1.82) is 0 Å². The van der Waals surface area contributed by atoms with Crippen LogP contribution < -0.4 is 31.9 Å². The zero-order chi connectivity index (χ0) is 46.0. The predicted octanol–water partition coefficient (Wildman–Crippen LogP) is -0.990. The fourth-order valence-corrected chi connectivity index (χ4v) is 6.66. The van der Waals surface area contributed by atoms with Crippen LogP contribution in [0.15, 0.2) is 30.3 Å². The summed E-state index contributed by atoms with van der Waals surface area (Å²) < 4.78 is 0. The maximum Gasteiger partial charge on any atom is 0.322 e. The van der Waals surface area contributed by atoms with Crippen LogP contribution in [0.4, 0.5) is 0 Å². The second kappa shape index (κ2) is 24.0. The van der Waals surface area contributed by atoms with E-state index in [9.17, 15) is 57.8 Å². The summed E-state index contributed by atoms with van der Waals surface area (Å²) in [4.78, 5) is 141. The minimum Gasteiger partial charge on any atom is -0.481 e. The van der Waals surface area contributed by atoms with Crippen molar-refractivity contribution in [3.63, 3.8) is 0 Å². The third-order valence-electron chi connectivity index (χ3n) is 9.81. The minimum atomic E-state index is -1.88. The highest BCUT2D eigenvalue weighted by atomic mass is 16.4. The molecule has 0 aliphatic carbocycles. The number of amides is 7. The number of carboxylic acids is 3. The number of Topliss-reactive ketones (excluding diaryl/α,β-unsaturated/α-hetero) is 1. The molecule has 21 nitrogen and oxygen atoms in total. The minimum absolute atomic E-state index is 0.0452. The lowest BCUT2D eigenvalue weighted by Crippen LogP contribution is -2.65. The number of carboxylic acid groups (broad SMARTS) is 3. The molecule has 1 heterocycles. The van der Waals surface area contributed by atoms with Crippen LogP contribution in [0.2, 0.25) is 0 Å². The fraction of sp³-hybridized carbons (Fsp3) is 0.575. The molecule has 336 valence electrons. The number of carbonyl (C=O) groups excluding carboxylic acids is 8. The number of hydrogen-bond acceptors (Lipinski definition) is 11. The average molecular weight is 860 g/mol. The third kappa shape index (κ3) is 16.3. The first-order chi connectivity index (χ1) is 28.6.